The van der Waals surface area contributed by atoms with Crippen molar-refractivity contribution in [3.63, 3.8) is 0 Å². The Bertz CT molecular complexity index is 1400. The van der Waals surface area contributed by atoms with Crippen molar-refractivity contribution in [1.82, 2.24) is 19.5 Å². The van der Waals surface area contributed by atoms with Gasteiger partial charge in [-0.2, -0.15) is 10.2 Å². The van der Waals surface area contributed by atoms with Crippen molar-refractivity contribution >= 4 is 34.3 Å². The third-order valence-electron chi connectivity index (χ3n) is 4.63. The lowest BCUT2D eigenvalue weighted by Crippen LogP contribution is -2.27. The topological polar surface area (TPSA) is 123 Å². The fourth-order valence-electron chi connectivity index (χ4n) is 3.19. The number of aromatic nitrogens is 4. The van der Waals surface area contributed by atoms with Crippen LogP contribution in [-0.2, 0) is 0 Å². The highest BCUT2D eigenvalue weighted by atomic mass is 35.5. The Hall–Kier alpha value is -4.03. The third kappa shape index (κ3) is 3.76. The van der Waals surface area contributed by atoms with E-state index >= 15 is 0 Å². The Balaban J connectivity index is 1.93. The number of nitriles is 1. The standard InChI is InChI=1S/C21H15ClFN7O/c1-11(27-18-12(9-24)10-26-21(25)29-18)19-28-16-4-2-3-15(22)17(16)20(31)30(19)14-7-5-13(23)6-8-14/h2-8,10-11H,1H3,(H3,25,26,27,29)/t11-/m1/s1. The number of rotatable bonds is 4. The first-order valence-corrected chi connectivity index (χ1v) is 9.53. The number of nitrogen functional groups attached to an aromatic ring is 1. The first-order valence-electron chi connectivity index (χ1n) is 9.15. The van der Waals surface area contributed by atoms with E-state index in [0.29, 0.717) is 17.0 Å². The summed E-state index contributed by atoms with van der Waals surface area (Å²) in [6.45, 7) is 1.75. The summed E-state index contributed by atoms with van der Waals surface area (Å²) in [5.41, 5.74) is 6.24. The number of benzene rings is 2. The van der Waals surface area contributed by atoms with Crippen molar-refractivity contribution in [3.05, 3.63) is 81.2 Å². The SMILES string of the molecule is C[C@@H](Nc1nc(N)ncc1C#N)c1nc2cccc(Cl)c2c(=O)n1-c1ccc(F)cc1. The normalized spacial score (nSPS) is 11.8. The average molecular weight is 436 g/mol. The molecule has 0 saturated carbocycles. The summed E-state index contributed by atoms with van der Waals surface area (Å²) >= 11 is 6.27. The van der Waals surface area contributed by atoms with Crippen molar-refractivity contribution < 1.29 is 4.39 Å². The van der Waals surface area contributed by atoms with E-state index in [1.54, 1.807) is 25.1 Å². The van der Waals surface area contributed by atoms with Gasteiger partial charge in [0.1, 0.15) is 29.1 Å². The predicted octanol–water partition coefficient (Wildman–Crippen LogP) is 3.60. The molecule has 31 heavy (non-hydrogen) atoms. The summed E-state index contributed by atoms with van der Waals surface area (Å²) < 4.78 is 14.8. The predicted molar refractivity (Wildman–Crippen MR) is 116 cm³/mol. The van der Waals surface area contributed by atoms with E-state index in [2.05, 4.69) is 20.3 Å². The highest BCUT2D eigenvalue weighted by Gasteiger charge is 2.21. The lowest BCUT2D eigenvalue weighted by atomic mass is 10.2. The molecule has 3 N–H and O–H groups in total. The summed E-state index contributed by atoms with van der Waals surface area (Å²) in [7, 11) is 0. The maximum atomic E-state index is 13.5. The van der Waals surface area contributed by atoms with E-state index < -0.39 is 17.4 Å². The van der Waals surface area contributed by atoms with E-state index in [9.17, 15) is 14.4 Å². The Morgan fingerprint density at radius 1 is 1.23 bits per heavy atom. The minimum absolute atomic E-state index is 0.0112. The molecule has 8 nitrogen and oxygen atoms in total. The lowest BCUT2D eigenvalue weighted by molar-refractivity contribution is 0.626. The lowest BCUT2D eigenvalue weighted by Gasteiger charge is -2.20. The second-order valence-electron chi connectivity index (χ2n) is 6.69. The van der Waals surface area contributed by atoms with Gasteiger partial charge in [0.2, 0.25) is 5.95 Å². The highest BCUT2D eigenvalue weighted by Crippen LogP contribution is 2.25. The number of fused-ring (bicyclic) bond motifs is 1. The van der Waals surface area contributed by atoms with Crippen LogP contribution in [0.2, 0.25) is 5.02 Å². The van der Waals surface area contributed by atoms with Gasteiger partial charge >= 0.3 is 0 Å². The van der Waals surface area contributed by atoms with Gasteiger partial charge in [0.15, 0.2) is 0 Å². The highest BCUT2D eigenvalue weighted by molar-refractivity contribution is 6.35. The number of nitrogens with two attached hydrogens (primary N) is 1. The zero-order valence-electron chi connectivity index (χ0n) is 16.2. The fraction of sp³-hybridized carbons (Fsp3) is 0.0952. The number of nitrogens with zero attached hydrogens (tertiary/aromatic N) is 5. The molecule has 0 aliphatic rings. The summed E-state index contributed by atoms with van der Waals surface area (Å²) in [6, 6.07) is 11.8. The average Bonchev–Trinajstić information content (AvgIpc) is 2.74. The van der Waals surface area contributed by atoms with E-state index in [-0.39, 0.29) is 27.7 Å². The van der Waals surface area contributed by atoms with Crippen molar-refractivity contribution in [2.24, 2.45) is 0 Å². The van der Waals surface area contributed by atoms with Gasteiger partial charge in [-0.1, -0.05) is 17.7 Å². The molecule has 2 aromatic carbocycles. The van der Waals surface area contributed by atoms with Crippen LogP contribution in [0.15, 0.2) is 53.5 Å². The van der Waals surface area contributed by atoms with Crippen LogP contribution in [0.5, 0.6) is 0 Å². The molecule has 0 saturated heterocycles. The van der Waals surface area contributed by atoms with E-state index in [0.717, 1.165) is 0 Å². The second-order valence-corrected chi connectivity index (χ2v) is 7.10. The number of nitrogens with one attached hydrogen (secondary N) is 1. The molecule has 4 rings (SSSR count). The molecule has 0 unspecified atom stereocenters. The molecular weight excluding hydrogens is 421 g/mol. The molecule has 0 spiro atoms. The Morgan fingerprint density at radius 2 is 1.97 bits per heavy atom. The molecule has 0 radical (unpaired) electrons. The van der Waals surface area contributed by atoms with Crippen LogP contribution < -0.4 is 16.6 Å². The van der Waals surface area contributed by atoms with Crippen molar-refractivity contribution in [1.29, 1.82) is 5.26 Å². The van der Waals surface area contributed by atoms with Crippen molar-refractivity contribution in [2.75, 3.05) is 11.1 Å². The van der Waals surface area contributed by atoms with Gasteiger partial charge in [0, 0.05) is 0 Å². The molecule has 10 heteroatoms. The van der Waals surface area contributed by atoms with Crippen LogP contribution in [-0.4, -0.2) is 19.5 Å². The molecule has 154 valence electrons. The molecule has 0 aliphatic carbocycles. The monoisotopic (exact) mass is 435 g/mol. The van der Waals surface area contributed by atoms with Crippen LogP contribution in [0.4, 0.5) is 16.2 Å². The van der Waals surface area contributed by atoms with Crippen LogP contribution in [0.3, 0.4) is 0 Å². The maximum absolute atomic E-state index is 13.5. The maximum Gasteiger partial charge on any atom is 0.267 e. The molecule has 0 fully saturated rings. The number of halogens is 2. The van der Waals surface area contributed by atoms with Gasteiger partial charge in [-0.05, 0) is 43.3 Å². The molecule has 0 bridgehead atoms. The molecule has 0 aliphatic heterocycles. The number of hydrogen-bond acceptors (Lipinski definition) is 7. The smallest absolute Gasteiger partial charge is 0.267 e. The van der Waals surface area contributed by atoms with E-state index in [1.165, 1.54) is 35.0 Å². The van der Waals surface area contributed by atoms with Gasteiger partial charge in [-0.25, -0.2) is 14.4 Å². The summed E-state index contributed by atoms with van der Waals surface area (Å²) in [5.74, 6) is 0.0651. The molecule has 4 aromatic rings. The van der Waals surface area contributed by atoms with Crippen molar-refractivity contribution in [3.8, 4) is 11.8 Å². The first-order chi connectivity index (χ1) is 14.9. The Morgan fingerprint density at radius 3 is 2.68 bits per heavy atom. The summed E-state index contributed by atoms with van der Waals surface area (Å²) in [4.78, 5) is 25.9. The minimum Gasteiger partial charge on any atom is -0.368 e. The van der Waals surface area contributed by atoms with Crippen LogP contribution in [0, 0.1) is 17.1 Å². The van der Waals surface area contributed by atoms with Gasteiger partial charge < -0.3 is 11.1 Å². The van der Waals surface area contributed by atoms with Gasteiger partial charge in [-0.3, -0.25) is 9.36 Å². The van der Waals surface area contributed by atoms with E-state index in [1.807, 2.05) is 6.07 Å². The van der Waals surface area contributed by atoms with E-state index in [4.69, 9.17) is 17.3 Å². The zero-order valence-corrected chi connectivity index (χ0v) is 16.9. The number of anilines is 2. The summed E-state index contributed by atoms with van der Waals surface area (Å²) in [5, 5.41) is 12.9. The van der Waals surface area contributed by atoms with Gasteiger partial charge in [0.25, 0.3) is 5.56 Å². The minimum atomic E-state index is -0.595. The molecule has 1 atom stereocenters. The van der Waals surface area contributed by atoms with Gasteiger partial charge in [0.05, 0.1) is 33.9 Å². The fourth-order valence-corrected chi connectivity index (χ4v) is 3.44. The zero-order chi connectivity index (χ0) is 22.1. The quantitative estimate of drug-likeness (QED) is 0.502. The van der Waals surface area contributed by atoms with Crippen LogP contribution >= 0.6 is 11.6 Å². The van der Waals surface area contributed by atoms with Crippen LogP contribution in [0.1, 0.15) is 24.4 Å². The Labute approximate surface area is 180 Å². The molecular formula is C21H15ClFN7O. The first kappa shape index (κ1) is 20.3. The Kier molecular flexibility index (Phi) is 5.23. The summed E-state index contributed by atoms with van der Waals surface area (Å²) in [6.07, 6.45) is 1.30. The van der Waals surface area contributed by atoms with Gasteiger partial charge in [-0.15, -0.1) is 0 Å². The number of hydrogen-bond donors (Lipinski definition) is 2. The largest absolute Gasteiger partial charge is 0.368 e. The molecule has 0 amide bonds. The molecule has 2 heterocycles. The third-order valence-corrected chi connectivity index (χ3v) is 4.94. The van der Waals surface area contributed by atoms with Crippen LogP contribution in [0.25, 0.3) is 16.6 Å². The van der Waals surface area contributed by atoms with Crippen molar-refractivity contribution in [2.45, 2.75) is 13.0 Å². The second kappa shape index (κ2) is 8.01. The molecule has 2 aromatic heterocycles.